The van der Waals surface area contributed by atoms with Crippen molar-refractivity contribution < 1.29 is 0 Å². The zero-order valence-corrected chi connectivity index (χ0v) is 14.9. The van der Waals surface area contributed by atoms with Gasteiger partial charge in [0, 0.05) is 24.8 Å². The van der Waals surface area contributed by atoms with Gasteiger partial charge in [-0.2, -0.15) is 5.10 Å². The van der Waals surface area contributed by atoms with Crippen molar-refractivity contribution in [2.75, 3.05) is 23.3 Å². The number of rotatable bonds is 4. The molecule has 0 radical (unpaired) electrons. The van der Waals surface area contributed by atoms with Crippen LogP contribution in [0, 0.1) is 0 Å². The predicted molar refractivity (Wildman–Crippen MR) is 107 cm³/mol. The van der Waals surface area contributed by atoms with Crippen molar-refractivity contribution in [2.24, 2.45) is 0 Å². The van der Waals surface area contributed by atoms with E-state index in [9.17, 15) is 0 Å². The highest BCUT2D eigenvalue weighted by Crippen LogP contribution is 2.25. The summed E-state index contributed by atoms with van der Waals surface area (Å²) in [4.78, 5) is 11.3. The third-order valence-corrected chi connectivity index (χ3v) is 5.02. The molecule has 0 amide bonds. The van der Waals surface area contributed by atoms with Gasteiger partial charge < -0.3 is 10.2 Å². The number of anilines is 2. The quantitative estimate of drug-likeness (QED) is 0.606. The Morgan fingerprint density at radius 1 is 0.889 bits per heavy atom. The molecule has 27 heavy (non-hydrogen) atoms. The molecule has 0 bridgehead atoms. The van der Waals surface area contributed by atoms with E-state index in [0.717, 1.165) is 42.0 Å². The molecule has 6 nitrogen and oxygen atoms in total. The lowest BCUT2D eigenvalue weighted by molar-refractivity contribution is 0.801. The third kappa shape index (κ3) is 2.99. The number of nitrogens with zero attached hydrogens (tertiary/aromatic N) is 5. The molecule has 1 atom stereocenters. The topological polar surface area (TPSA) is 58.9 Å². The summed E-state index contributed by atoms with van der Waals surface area (Å²) in [6, 6.07) is 20.9. The summed E-state index contributed by atoms with van der Waals surface area (Å²) >= 11 is 0. The van der Waals surface area contributed by atoms with E-state index in [1.165, 1.54) is 5.69 Å². The zero-order chi connectivity index (χ0) is 18.1. The number of hydrogen-bond acceptors (Lipinski definition) is 5. The lowest BCUT2D eigenvalue weighted by Crippen LogP contribution is -2.26. The minimum Gasteiger partial charge on any atom is -0.369 e. The smallest absolute Gasteiger partial charge is 0.168 e. The van der Waals surface area contributed by atoms with E-state index in [1.807, 2.05) is 41.2 Å². The Balaban J connectivity index is 1.39. The summed E-state index contributed by atoms with van der Waals surface area (Å²) in [5, 5.41) is 9.07. The first-order valence-corrected chi connectivity index (χ1v) is 9.19. The number of nitrogens with one attached hydrogen (secondary N) is 1. The van der Waals surface area contributed by atoms with Gasteiger partial charge in [-0.3, -0.25) is 0 Å². The maximum Gasteiger partial charge on any atom is 0.168 e. The van der Waals surface area contributed by atoms with Crippen LogP contribution in [0.15, 0.2) is 73.2 Å². The Hall–Kier alpha value is -3.41. The largest absolute Gasteiger partial charge is 0.369 e. The minimum absolute atomic E-state index is 0.350. The Kier molecular flexibility index (Phi) is 3.93. The maximum atomic E-state index is 4.53. The molecule has 5 rings (SSSR count). The highest BCUT2D eigenvalue weighted by Gasteiger charge is 2.24. The standard InChI is InChI=1S/C21H20N6/c1-3-7-17(8-4-1)26-12-11-16(14-26)25-20-19-13-24-27(21(19)23-15-22-20)18-9-5-2-6-10-18/h1-10,13,15-16H,11-12,14H2,(H,22,23,25). The lowest BCUT2D eigenvalue weighted by Gasteiger charge is -2.19. The first-order valence-electron chi connectivity index (χ1n) is 9.19. The van der Waals surface area contributed by atoms with Gasteiger partial charge >= 0.3 is 0 Å². The first kappa shape index (κ1) is 15.8. The Labute approximate surface area is 157 Å². The van der Waals surface area contributed by atoms with Gasteiger partial charge in [0.15, 0.2) is 5.65 Å². The Morgan fingerprint density at radius 2 is 1.63 bits per heavy atom. The molecule has 2 aromatic heterocycles. The molecule has 1 unspecified atom stereocenters. The van der Waals surface area contributed by atoms with Crippen molar-refractivity contribution in [1.29, 1.82) is 0 Å². The van der Waals surface area contributed by atoms with Gasteiger partial charge in [0.1, 0.15) is 12.1 Å². The van der Waals surface area contributed by atoms with E-state index in [-0.39, 0.29) is 0 Å². The molecule has 1 aliphatic rings. The molecule has 6 heteroatoms. The van der Waals surface area contributed by atoms with E-state index >= 15 is 0 Å². The maximum absolute atomic E-state index is 4.53. The fraction of sp³-hybridized carbons (Fsp3) is 0.190. The van der Waals surface area contributed by atoms with Gasteiger partial charge in [-0.05, 0) is 30.7 Å². The summed E-state index contributed by atoms with van der Waals surface area (Å²) < 4.78 is 1.85. The van der Waals surface area contributed by atoms with Crippen LogP contribution in [0.25, 0.3) is 16.7 Å². The molecule has 0 saturated carbocycles. The molecule has 1 N–H and O–H groups in total. The normalized spacial score (nSPS) is 16.7. The van der Waals surface area contributed by atoms with E-state index in [1.54, 1.807) is 6.33 Å². The van der Waals surface area contributed by atoms with Crippen LogP contribution in [0.5, 0.6) is 0 Å². The Bertz CT molecular complexity index is 1040. The number of para-hydroxylation sites is 2. The fourth-order valence-electron chi connectivity index (χ4n) is 3.66. The van der Waals surface area contributed by atoms with Crippen LogP contribution in [0.4, 0.5) is 11.5 Å². The Morgan fingerprint density at radius 3 is 2.41 bits per heavy atom. The van der Waals surface area contributed by atoms with E-state index in [4.69, 9.17) is 0 Å². The van der Waals surface area contributed by atoms with Crippen LogP contribution in [0.1, 0.15) is 6.42 Å². The molecule has 1 fully saturated rings. The number of hydrogen-bond donors (Lipinski definition) is 1. The molecule has 1 aliphatic heterocycles. The summed E-state index contributed by atoms with van der Waals surface area (Å²) in [5.41, 5.74) is 3.08. The van der Waals surface area contributed by atoms with Crippen molar-refractivity contribution in [1.82, 2.24) is 19.7 Å². The third-order valence-electron chi connectivity index (χ3n) is 5.02. The van der Waals surface area contributed by atoms with Gasteiger partial charge in [0.05, 0.1) is 17.3 Å². The van der Waals surface area contributed by atoms with Crippen molar-refractivity contribution in [2.45, 2.75) is 12.5 Å². The molecule has 134 valence electrons. The summed E-state index contributed by atoms with van der Waals surface area (Å²) in [6.45, 7) is 2.00. The number of fused-ring (bicyclic) bond motifs is 1. The van der Waals surface area contributed by atoms with Crippen molar-refractivity contribution in [3.8, 4) is 5.69 Å². The number of aromatic nitrogens is 4. The van der Waals surface area contributed by atoms with E-state index in [0.29, 0.717) is 6.04 Å². The van der Waals surface area contributed by atoms with Crippen LogP contribution in [0.2, 0.25) is 0 Å². The minimum atomic E-state index is 0.350. The van der Waals surface area contributed by atoms with Crippen LogP contribution in [-0.4, -0.2) is 38.9 Å². The second-order valence-electron chi connectivity index (χ2n) is 6.76. The predicted octanol–water partition coefficient (Wildman–Crippen LogP) is 3.51. The van der Waals surface area contributed by atoms with Gasteiger partial charge in [-0.1, -0.05) is 36.4 Å². The monoisotopic (exact) mass is 356 g/mol. The van der Waals surface area contributed by atoms with Crippen LogP contribution in [0.3, 0.4) is 0 Å². The van der Waals surface area contributed by atoms with Gasteiger partial charge in [-0.25, -0.2) is 14.6 Å². The molecule has 2 aromatic carbocycles. The van der Waals surface area contributed by atoms with Crippen molar-refractivity contribution in [3.63, 3.8) is 0 Å². The molecule has 3 heterocycles. The fourth-order valence-corrected chi connectivity index (χ4v) is 3.66. The molecule has 0 spiro atoms. The van der Waals surface area contributed by atoms with E-state index in [2.05, 4.69) is 55.6 Å². The summed E-state index contributed by atoms with van der Waals surface area (Å²) in [6.07, 6.45) is 4.53. The summed E-state index contributed by atoms with van der Waals surface area (Å²) in [7, 11) is 0. The molecule has 4 aromatic rings. The molecule has 1 saturated heterocycles. The van der Waals surface area contributed by atoms with Crippen LogP contribution < -0.4 is 10.2 Å². The van der Waals surface area contributed by atoms with Gasteiger partial charge in [-0.15, -0.1) is 0 Å². The SMILES string of the molecule is c1ccc(N2CCC(Nc3ncnc4c3cnn4-c3ccccc3)C2)cc1. The molecular weight excluding hydrogens is 336 g/mol. The molecular formula is C21H20N6. The second kappa shape index (κ2) is 6.72. The zero-order valence-electron chi connectivity index (χ0n) is 14.9. The average molecular weight is 356 g/mol. The van der Waals surface area contributed by atoms with Crippen LogP contribution in [-0.2, 0) is 0 Å². The van der Waals surface area contributed by atoms with Crippen LogP contribution >= 0.6 is 0 Å². The lowest BCUT2D eigenvalue weighted by atomic mass is 10.2. The number of benzene rings is 2. The van der Waals surface area contributed by atoms with Gasteiger partial charge in [0.25, 0.3) is 0 Å². The molecule has 0 aliphatic carbocycles. The highest BCUT2D eigenvalue weighted by molar-refractivity contribution is 5.87. The van der Waals surface area contributed by atoms with E-state index < -0.39 is 0 Å². The summed E-state index contributed by atoms with van der Waals surface area (Å²) in [5.74, 6) is 0.849. The van der Waals surface area contributed by atoms with Crippen molar-refractivity contribution >= 4 is 22.5 Å². The van der Waals surface area contributed by atoms with Crippen molar-refractivity contribution in [3.05, 3.63) is 73.2 Å². The second-order valence-corrected chi connectivity index (χ2v) is 6.76. The first-order chi connectivity index (χ1) is 13.4. The average Bonchev–Trinajstić information content (AvgIpc) is 3.37. The van der Waals surface area contributed by atoms with Gasteiger partial charge in [0.2, 0.25) is 0 Å². The highest BCUT2D eigenvalue weighted by atomic mass is 15.3.